The zero-order valence-electron chi connectivity index (χ0n) is 15.6. The molecule has 0 aliphatic heterocycles. The van der Waals surface area contributed by atoms with E-state index in [0.29, 0.717) is 25.8 Å². The molecule has 3 aromatic rings. The summed E-state index contributed by atoms with van der Waals surface area (Å²) in [5.41, 5.74) is 3.76. The molecule has 0 saturated carbocycles. The van der Waals surface area contributed by atoms with Gasteiger partial charge in [0.15, 0.2) is 0 Å². The molecule has 0 atom stereocenters. The summed E-state index contributed by atoms with van der Waals surface area (Å²) in [6.07, 6.45) is -2.21. The zero-order valence-corrected chi connectivity index (χ0v) is 18.8. The van der Waals surface area contributed by atoms with E-state index in [4.69, 9.17) is 4.74 Å². The fraction of sp³-hybridized carbons (Fsp3) is 0.0952. The molecule has 0 saturated heterocycles. The van der Waals surface area contributed by atoms with Gasteiger partial charge in [-0.2, -0.15) is 23.5 Å². The number of pyridine rings is 1. The number of hydrazone groups is 1. The minimum absolute atomic E-state index is 0.179. The molecule has 2 aromatic carbocycles. The average molecular weight is 554 g/mol. The fourth-order valence-corrected chi connectivity index (χ4v) is 3.95. The van der Waals surface area contributed by atoms with Crippen LogP contribution >= 0.6 is 31.9 Å². The smallest absolute Gasteiger partial charge is 0.417 e. The molecule has 0 aliphatic carbocycles. The van der Waals surface area contributed by atoms with Crippen molar-refractivity contribution in [2.24, 2.45) is 5.10 Å². The van der Waals surface area contributed by atoms with E-state index in [-0.39, 0.29) is 12.4 Å². The molecule has 3 rings (SSSR count). The number of alkyl halides is 3. The molecular weight excluding hydrogens is 541 g/mol. The van der Waals surface area contributed by atoms with E-state index in [0.717, 1.165) is 17.8 Å². The molecule has 1 N–H and O–H groups in total. The van der Waals surface area contributed by atoms with Crippen molar-refractivity contribution in [2.75, 3.05) is 5.43 Å². The van der Waals surface area contributed by atoms with E-state index in [1.165, 1.54) is 12.3 Å². The van der Waals surface area contributed by atoms with Gasteiger partial charge in [0.05, 0.1) is 32.4 Å². The van der Waals surface area contributed by atoms with Crippen LogP contribution in [-0.2, 0) is 12.8 Å². The molecule has 10 heteroatoms. The van der Waals surface area contributed by atoms with Gasteiger partial charge in [-0.1, -0.05) is 18.2 Å². The number of hydrogen-bond acceptors (Lipinski definition) is 5. The Hall–Kier alpha value is -2.90. The minimum atomic E-state index is -4.44. The molecule has 5 nitrogen and oxygen atoms in total. The van der Waals surface area contributed by atoms with Gasteiger partial charge < -0.3 is 4.74 Å². The molecule has 0 radical (unpaired) electrons. The van der Waals surface area contributed by atoms with Gasteiger partial charge in [-0.25, -0.2) is 4.98 Å². The number of anilines is 1. The Bertz CT molecular complexity index is 1120. The SMILES string of the molecule is N#Cc1ccccc1COc1c(Br)cc(/C=N\Nc2ccc(C(F)(F)F)cn2)cc1Br. The summed E-state index contributed by atoms with van der Waals surface area (Å²) in [6, 6.07) is 14.9. The van der Waals surface area contributed by atoms with Gasteiger partial charge in [0.2, 0.25) is 0 Å². The highest BCUT2D eigenvalue weighted by molar-refractivity contribution is 9.11. The van der Waals surface area contributed by atoms with Gasteiger partial charge in [0.1, 0.15) is 18.2 Å². The Kier molecular flexibility index (Phi) is 7.30. The van der Waals surface area contributed by atoms with Gasteiger partial charge in [0.25, 0.3) is 0 Å². The summed E-state index contributed by atoms with van der Waals surface area (Å²) in [5.74, 6) is 0.737. The summed E-state index contributed by atoms with van der Waals surface area (Å²) < 4.78 is 44.9. The molecule has 31 heavy (non-hydrogen) atoms. The predicted molar refractivity (Wildman–Crippen MR) is 118 cm³/mol. The van der Waals surface area contributed by atoms with Crippen molar-refractivity contribution in [1.82, 2.24) is 4.98 Å². The molecule has 158 valence electrons. The van der Waals surface area contributed by atoms with E-state index in [1.807, 2.05) is 12.1 Å². The number of ether oxygens (including phenoxy) is 1. The van der Waals surface area contributed by atoms with Crippen LogP contribution in [0, 0.1) is 11.3 Å². The molecule has 1 heterocycles. The van der Waals surface area contributed by atoms with E-state index in [9.17, 15) is 18.4 Å². The van der Waals surface area contributed by atoms with Gasteiger partial charge >= 0.3 is 6.18 Å². The van der Waals surface area contributed by atoms with Crippen LogP contribution in [0.4, 0.5) is 19.0 Å². The molecule has 0 spiro atoms. The zero-order chi connectivity index (χ0) is 22.4. The quantitative estimate of drug-likeness (QED) is 0.278. The maximum atomic E-state index is 12.6. The van der Waals surface area contributed by atoms with Gasteiger partial charge in [-0.15, -0.1) is 0 Å². The number of aromatic nitrogens is 1. The summed E-state index contributed by atoms with van der Waals surface area (Å²) in [7, 11) is 0. The van der Waals surface area contributed by atoms with Crippen LogP contribution < -0.4 is 10.2 Å². The first-order chi connectivity index (χ1) is 14.8. The standard InChI is InChI=1S/C21H13Br2F3N4O/c22-17-7-13(10-29-30-19-6-5-16(11-28-19)21(24,25)26)8-18(23)20(17)31-12-15-4-2-1-3-14(15)9-27/h1-8,10-11H,12H2,(H,28,30)/b29-10-. The summed E-state index contributed by atoms with van der Waals surface area (Å²) in [5, 5.41) is 13.2. The summed E-state index contributed by atoms with van der Waals surface area (Å²) in [4.78, 5) is 3.69. The van der Waals surface area contributed by atoms with Crippen LogP contribution in [0.15, 0.2) is 68.8 Å². The van der Waals surface area contributed by atoms with E-state index in [1.54, 1.807) is 24.3 Å². The normalized spacial score (nSPS) is 11.4. The van der Waals surface area contributed by atoms with Crippen molar-refractivity contribution >= 4 is 43.9 Å². The van der Waals surface area contributed by atoms with Gasteiger partial charge in [0, 0.05) is 11.8 Å². The van der Waals surface area contributed by atoms with Crippen molar-refractivity contribution in [1.29, 1.82) is 5.26 Å². The number of halogens is 5. The van der Waals surface area contributed by atoms with Crippen molar-refractivity contribution in [3.63, 3.8) is 0 Å². The Morgan fingerprint density at radius 1 is 1.13 bits per heavy atom. The third-order valence-electron chi connectivity index (χ3n) is 4.01. The van der Waals surface area contributed by atoms with Gasteiger partial charge in [-0.05, 0) is 67.8 Å². The Morgan fingerprint density at radius 3 is 2.45 bits per heavy atom. The Morgan fingerprint density at radius 2 is 1.84 bits per heavy atom. The monoisotopic (exact) mass is 552 g/mol. The van der Waals surface area contributed by atoms with Crippen molar-refractivity contribution < 1.29 is 17.9 Å². The Balaban J connectivity index is 1.66. The molecule has 0 fully saturated rings. The highest BCUT2D eigenvalue weighted by Crippen LogP contribution is 2.35. The van der Waals surface area contributed by atoms with Crippen LogP contribution in [0.25, 0.3) is 0 Å². The lowest BCUT2D eigenvalue weighted by atomic mass is 10.1. The van der Waals surface area contributed by atoms with Crippen LogP contribution in [0.3, 0.4) is 0 Å². The predicted octanol–water partition coefficient (Wildman–Crippen LogP) is 6.52. The highest BCUT2D eigenvalue weighted by atomic mass is 79.9. The first-order valence-corrected chi connectivity index (χ1v) is 10.3. The number of nitriles is 1. The second kappa shape index (κ2) is 9.94. The number of benzene rings is 2. The maximum Gasteiger partial charge on any atom is 0.417 e. The summed E-state index contributed by atoms with van der Waals surface area (Å²) in [6.45, 7) is 0.218. The molecular formula is C21H13Br2F3N4O. The van der Waals surface area contributed by atoms with Crippen molar-refractivity contribution in [3.05, 3.63) is 85.9 Å². The van der Waals surface area contributed by atoms with Crippen LogP contribution in [0.2, 0.25) is 0 Å². The number of nitrogens with zero attached hydrogens (tertiary/aromatic N) is 3. The molecule has 0 bridgehead atoms. The fourth-order valence-electron chi connectivity index (χ4n) is 2.50. The second-order valence-electron chi connectivity index (χ2n) is 6.17. The minimum Gasteiger partial charge on any atom is -0.486 e. The molecule has 0 unspecified atom stereocenters. The first-order valence-electron chi connectivity index (χ1n) is 8.70. The molecule has 0 aliphatic rings. The average Bonchev–Trinajstić information content (AvgIpc) is 2.73. The lowest BCUT2D eigenvalue weighted by molar-refractivity contribution is -0.137. The third-order valence-corrected chi connectivity index (χ3v) is 5.19. The molecule has 0 amide bonds. The largest absolute Gasteiger partial charge is 0.486 e. The van der Waals surface area contributed by atoms with Gasteiger partial charge in [-0.3, -0.25) is 5.43 Å². The number of nitrogens with one attached hydrogen (secondary N) is 1. The van der Waals surface area contributed by atoms with Crippen LogP contribution in [0.1, 0.15) is 22.3 Å². The van der Waals surface area contributed by atoms with Crippen molar-refractivity contribution in [2.45, 2.75) is 12.8 Å². The maximum absolute atomic E-state index is 12.6. The molecule has 1 aromatic heterocycles. The topological polar surface area (TPSA) is 70.3 Å². The van der Waals surface area contributed by atoms with Crippen LogP contribution in [0.5, 0.6) is 5.75 Å². The van der Waals surface area contributed by atoms with E-state index in [2.05, 4.69) is 53.4 Å². The van der Waals surface area contributed by atoms with Crippen LogP contribution in [-0.4, -0.2) is 11.2 Å². The van der Waals surface area contributed by atoms with Crippen molar-refractivity contribution in [3.8, 4) is 11.8 Å². The first kappa shape index (κ1) is 22.8. The summed E-state index contributed by atoms with van der Waals surface area (Å²) >= 11 is 6.90. The number of hydrogen-bond donors (Lipinski definition) is 1. The third kappa shape index (κ3) is 6.06. The lowest BCUT2D eigenvalue weighted by Crippen LogP contribution is -2.05. The lowest BCUT2D eigenvalue weighted by Gasteiger charge is -2.12. The Labute approximate surface area is 192 Å². The number of rotatable bonds is 6. The second-order valence-corrected chi connectivity index (χ2v) is 7.88. The van der Waals surface area contributed by atoms with E-state index >= 15 is 0 Å². The van der Waals surface area contributed by atoms with E-state index < -0.39 is 11.7 Å². The highest BCUT2D eigenvalue weighted by Gasteiger charge is 2.30.